The van der Waals surface area contributed by atoms with Crippen LogP contribution in [0.5, 0.6) is 0 Å². The minimum Gasteiger partial charge on any atom is -0.755 e. The summed E-state index contributed by atoms with van der Waals surface area (Å²) in [5, 5.41) is 9.48. The SMILES string of the molecule is O=C(O)CN(c1cccc2cccnc12)S(=O)[O-]. The van der Waals surface area contributed by atoms with Gasteiger partial charge in [-0.15, -0.1) is 0 Å². The number of aliphatic carboxylic acids is 1. The lowest BCUT2D eigenvalue weighted by Crippen LogP contribution is -2.31. The zero-order valence-corrected chi connectivity index (χ0v) is 9.96. The second-order valence-electron chi connectivity index (χ2n) is 3.50. The van der Waals surface area contributed by atoms with Gasteiger partial charge in [-0.25, -0.2) is 0 Å². The van der Waals surface area contributed by atoms with Crippen LogP contribution in [0.15, 0.2) is 36.5 Å². The Morgan fingerprint density at radius 2 is 2.11 bits per heavy atom. The molecule has 6 nitrogen and oxygen atoms in total. The fraction of sp³-hybridized carbons (Fsp3) is 0.0909. The molecular weight excluding hydrogens is 256 g/mol. The Kier molecular flexibility index (Phi) is 3.54. The molecule has 1 aromatic carbocycles. The minimum atomic E-state index is -2.67. The summed E-state index contributed by atoms with van der Waals surface area (Å²) >= 11 is -2.67. The van der Waals surface area contributed by atoms with Gasteiger partial charge in [-0.2, -0.15) is 0 Å². The highest BCUT2D eigenvalue weighted by molar-refractivity contribution is 7.80. The first kappa shape index (κ1) is 12.5. The van der Waals surface area contributed by atoms with Crippen LogP contribution in [0.4, 0.5) is 5.69 Å². The molecule has 0 radical (unpaired) electrons. The number of hydrogen-bond acceptors (Lipinski definition) is 4. The molecule has 1 heterocycles. The van der Waals surface area contributed by atoms with E-state index in [9.17, 15) is 13.6 Å². The van der Waals surface area contributed by atoms with Crippen molar-refractivity contribution in [3.05, 3.63) is 36.5 Å². The van der Waals surface area contributed by atoms with Gasteiger partial charge in [0, 0.05) is 22.8 Å². The summed E-state index contributed by atoms with van der Waals surface area (Å²) < 4.78 is 23.0. The number of aromatic nitrogens is 1. The van der Waals surface area contributed by atoms with E-state index in [2.05, 4.69) is 4.98 Å². The molecule has 2 aromatic rings. The van der Waals surface area contributed by atoms with Gasteiger partial charge in [0.25, 0.3) is 0 Å². The standard InChI is InChI=1S/C11H10N2O4S/c14-10(15)7-13(18(16)17)9-5-1-3-8-4-2-6-12-11(8)9/h1-6H,7H2,(H,14,15)(H,16,17)/p-1. The van der Waals surface area contributed by atoms with Crippen molar-refractivity contribution < 1.29 is 18.7 Å². The van der Waals surface area contributed by atoms with E-state index in [1.165, 1.54) is 12.3 Å². The molecule has 1 atom stereocenters. The molecule has 18 heavy (non-hydrogen) atoms. The lowest BCUT2D eigenvalue weighted by Gasteiger charge is -2.25. The molecular formula is C11H9N2O4S-. The topological polar surface area (TPSA) is 93.6 Å². The summed E-state index contributed by atoms with van der Waals surface area (Å²) in [7, 11) is 0. The van der Waals surface area contributed by atoms with E-state index in [-0.39, 0.29) is 5.69 Å². The summed E-state index contributed by atoms with van der Waals surface area (Å²) in [5.74, 6) is -1.23. The molecule has 1 aromatic heterocycles. The van der Waals surface area contributed by atoms with Crippen LogP contribution < -0.4 is 4.31 Å². The van der Waals surface area contributed by atoms with Gasteiger partial charge in [-0.05, 0) is 12.1 Å². The van der Waals surface area contributed by atoms with Gasteiger partial charge >= 0.3 is 5.97 Å². The molecule has 2 rings (SSSR count). The van der Waals surface area contributed by atoms with Crippen LogP contribution in [0.1, 0.15) is 0 Å². The summed E-state index contributed by atoms with van der Waals surface area (Å²) in [6, 6.07) is 8.45. The zero-order valence-electron chi connectivity index (χ0n) is 9.15. The Morgan fingerprint density at radius 1 is 1.39 bits per heavy atom. The van der Waals surface area contributed by atoms with Crippen molar-refractivity contribution in [2.24, 2.45) is 0 Å². The molecule has 0 saturated heterocycles. The third-order valence-corrected chi connectivity index (χ3v) is 3.02. The van der Waals surface area contributed by atoms with Crippen LogP contribution >= 0.6 is 0 Å². The van der Waals surface area contributed by atoms with Crippen LogP contribution in [-0.2, 0) is 16.1 Å². The molecule has 0 aliphatic heterocycles. The molecule has 0 aliphatic carbocycles. The molecule has 0 amide bonds. The summed E-state index contributed by atoms with van der Waals surface area (Å²) in [4.78, 5) is 14.8. The van der Waals surface area contributed by atoms with Gasteiger partial charge in [0.1, 0.15) is 6.54 Å². The maximum absolute atomic E-state index is 11.1. The number of anilines is 1. The largest absolute Gasteiger partial charge is 0.755 e. The number of rotatable bonds is 4. The van der Waals surface area contributed by atoms with Crippen molar-refractivity contribution in [3.8, 4) is 0 Å². The molecule has 7 heteroatoms. The van der Waals surface area contributed by atoms with Crippen LogP contribution in [-0.4, -0.2) is 31.4 Å². The Hall–Kier alpha value is -1.99. The number of carboxylic acid groups (broad SMARTS) is 1. The molecule has 0 fully saturated rings. The lowest BCUT2D eigenvalue weighted by atomic mass is 10.2. The number of carboxylic acids is 1. The first-order valence-corrected chi connectivity index (χ1v) is 6.05. The highest BCUT2D eigenvalue weighted by Crippen LogP contribution is 2.25. The van der Waals surface area contributed by atoms with Crippen LogP contribution in [0.2, 0.25) is 0 Å². The third-order valence-electron chi connectivity index (χ3n) is 2.34. The number of fused-ring (bicyclic) bond motifs is 1. The Balaban J connectivity index is 2.57. The lowest BCUT2D eigenvalue weighted by molar-refractivity contribution is -0.135. The van der Waals surface area contributed by atoms with E-state index in [0.717, 1.165) is 9.69 Å². The predicted octanol–water partition coefficient (Wildman–Crippen LogP) is 0.920. The predicted molar refractivity (Wildman–Crippen MR) is 65.6 cm³/mol. The van der Waals surface area contributed by atoms with Gasteiger partial charge in [0.2, 0.25) is 0 Å². The highest BCUT2D eigenvalue weighted by atomic mass is 32.2. The maximum atomic E-state index is 11.1. The van der Waals surface area contributed by atoms with E-state index in [4.69, 9.17) is 5.11 Å². The number of pyridine rings is 1. The monoisotopic (exact) mass is 265 g/mol. The van der Waals surface area contributed by atoms with Crippen LogP contribution in [0.25, 0.3) is 10.9 Å². The normalized spacial score (nSPS) is 12.3. The van der Waals surface area contributed by atoms with Gasteiger partial charge in [0.05, 0.1) is 11.2 Å². The van der Waals surface area contributed by atoms with Crippen molar-refractivity contribution in [2.45, 2.75) is 0 Å². The molecule has 1 N–H and O–H groups in total. The van der Waals surface area contributed by atoms with E-state index in [1.54, 1.807) is 24.3 Å². The van der Waals surface area contributed by atoms with Crippen LogP contribution in [0, 0.1) is 0 Å². The van der Waals surface area contributed by atoms with Gasteiger partial charge < -0.3 is 9.66 Å². The number of benzene rings is 1. The van der Waals surface area contributed by atoms with Gasteiger partial charge in [-0.3, -0.25) is 18.3 Å². The first-order chi connectivity index (χ1) is 8.59. The van der Waals surface area contributed by atoms with Crippen molar-refractivity contribution in [2.75, 3.05) is 10.8 Å². The van der Waals surface area contributed by atoms with Crippen molar-refractivity contribution >= 4 is 33.8 Å². The fourth-order valence-corrected chi connectivity index (χ4v) is 2.15. The van der Waals surface area contributed by atoms with Crippen molar-refractivity contribution in [3.63, 3.8) is 0 Å². The molecule has 94 valence electrons. The van der Waals surface area contributed by atoms with Crippen molar-refractivity contribution in [1.29, 1.82) is 0 Å². The van der Waals surface area contributed by atoms with Crippen LogP contribution in [0.3, 0.4) is 0 Å². The molecule has 1 unspecified atom stereocenters. The number of carbonyl (C=O) groups is 1. The van der Waals surface area contributed by atoms with E-state index in [0.29, 0.717) is 5.52 Å². The average Bonchev–Trinajstić information content (AvgIpc) is 2.35. The quantitative estimate of drug-likeness (QED) is 0.829. The smallest absolute Gasteiger partial charge is 0.324 e. The van der Waals surface area contributed by atoms with Gasteiger partial charge in [-0.1, -0.05) is 18.2 Å². The average molecular weight is 265 g/mol. The van der Waals surface area contributed by atoms with E-state index in [1.807, 2.05) is 0 Å². The second kappa shape index (κ2) is 5.11. The molecule has 0 aliphatic rings. The van der Waals surface area contributed by atoms with Crippen molar-refractivity contribution in [1.82, 2.24) is 4.98 Å². The second-order valence-corrected chi connectivity index (χ2v) is 4.37. The molecule has 0 spiro atoms. The fourth-order valence-electron chi connectivity index (χ4n) is 1.63. The minimum absolute atomic E-state index is 0.254. The third kappa shape index (κ3) is 2.47. The van der Waals surface area contributed by atoms with E-state index < -0.39 is 23.8 Å². The summed E-state index contributed by atoms with van der Waals surface area (Å²) in [6.45, 7) is -0.633. The van der Waals surface area contributed by atoms with Gasteiger partial charge in [0.15, 0.2) is 0 Å². The maximum Gasteiger partial charge on any atom is 0.324 e. The highest BCUT2D eigenvalue weighted by Gasteiger charge is 2.14. The first-order valence-electron chi connectivity index (χ1n) is 5.02. The van der Waals surface area contributed by atoms with E-state index >= 15 is 0 Å². The summed E-state index contributed by atoms with van der Waals surface area (Å²) in [5.41, 5.74) is 0.703. The number of para-hydroxylation sites is 1. The molecule has 0 saturated carbocycles. The number of hydrogen-bond donors (Lipinski definition) is 1. The summed E-state index contributed by atoms with van der Waals surface area (Å²) in [6.07, 6.45) is 1.53. The Bertz CT molecular complexity index is 612. The zero-order chi connectivity index (χ0) is 13.1. The number of nitrogens with zero attached hydrogens (tertiary/aromatic N) is 2. The Morgan fingerprint density at radius 3 is 2.78 bits per heavy atom. The Labute approximate surface area is 105 Å². The molecule has 0 bridgehead atoms.